The molecule has 0 spiro atoms. The Labute approximate surface area is 103 Å². The van der Waals surface area contributed by atoms with Gasteiger partial charge in [0, 0.05) is 19.2 Å². The molecule has 0 bridgehead atoms. The monoisotopic (exact) mass is 257 g/mol. The minimum Gasteiger partial charge on any atom is -0.291 e. The van der Waals surface area contributed by atoms with Crippen molar-refractivity contribution >= 4 is 11.6 Å². The molecule has 1 aromatic rings. The molecule has 1 atom stereocenters. The van der Waals surface area contributed by atoms with Gasteiger partial charge in [0.15, 0.2) is 5.03 Å². The second-order valence-corrected chi connectivity index (χ2v) is 4.27. The average molecular weight is 258 g/mol. The summed E-state index contributed by atoms with van der Waals surface area (Å²) in [5, 5.41) is 14.7. The number of rotatable bonds is 3. The van der Waals surface area contributed by atoms with Gasteiger partial charge in [0.05, 0.1) is 6.54 Å². The summed E-state index contributed by atoms with van der Waals surface area (Å²) in [5.41, 5.74) is 6.78. The van der Waals surface area contributed by atoms with Crippen molar-refractivity contribution in [1.82, 2.24) is 15.3 Å². The Hall–Kier alpha value is -1.44. The Kier molecular flexibility index (Phi) is 3.14. The predicted molar refractivity (Wildman–Crippen MR) is 61.6 cm³/mol. The van der Waals surface area contributed by atoms with Crippen molar-refractivity contribution in [1.29, 1.82) is 0 Å². The van der Waals surface area contributed by atoms with Crippen molar-refractivity contribution in [3.63, 3.8) is 0 Å². The first-order valence-corrected chi connectivity index (χ1v) is 5.45. The van der Waals surface area contributed by atoms with E-state index in [1.54, 1.807) is 18.3 Å². The standard InChI is InChI=1S/C9H12ClN5O2/c10-8-2-1-7(6-12-8)5-9(11)13-3-4-14(9)15(16)17/h1-2,6,13H,3-5,11H2. The van der Waals surface area contributed by atoms with E-state index in [0.717, 1.165) is 10.6 Å². The zero-order valence-electron chi connectivity index (χ0n) is 8.97. The number of aromatic nitrogens is 1. The molecule has 1 aliphatic rings. The summed E-state index contributed by atoms with van der Waals surface area (Å²) in [6.07, 6.45) is 1.85. The topological polar surface area (TPSA) is 97.3 Å². The molecule has 1 aliphatic heterocycles. The Bertz CT molecular complexity index is 426. The molecule has 2 heterocycles. The molecule has 0 aliphatic carbocycles. The number of nitrogens with two attached hydrogens (primary N) is 1. The summed E-state index contributed by atoms with van der Waals surface area (Å²) in [6, 6.07) is 3.38. The first-order valence-electron chi connectivity index (χ1n) is 5.07. The number of nitrogens with one attached hydrogen (secondary N) is 1. The number of hydrogen-bond acceptors (Lipinski definition) is 5. The second kappa shape index (κ2) is 4.44. The highest BCUT2D eigenvalue weighted by Gasteiger charge is 2.44. The molecule has 7 nitrogen and oxygen atoms in total. The first kappa shape index (κ1) is 12.0. The summed E-state index contributed by atoms with van der Waals surface area (Å²) in [6.45, 7) is 0.767. The van der Waals surface area contributed by atoms with E-state index in [4.69, 9.17) is 17.3 Å². The molecule has 92 valence electrons. The van der Waals surface area contributed by atoms with Crippen LogP contribution in [0.1, 0.15) is 5.56 Å². The van der Waals surface area contributed by atoms with E-state index < -0.39 is 10.8 Å². The van der Waals surface area contributed by atoms with Crippen LogP contribution in [0.25, 0.3) is 0 Å². The van der Waals surface area contributed by atoms with Crippen LogP contribution in [0, 0.1) is 10.1 Å². The van der Waals surface area contributed by atoms with Gasteiger partial charge < -0.3 is 0 Å². The Balaban J connectivity index is 2.16. The molecule has 1 fully saturated rings. The molecule has 1 unspecified atom stereocenters. The summed E-state index contributed by atoms with van der Waals surface area (Å²) in [7, 11) is 0. The van der Waals surface area contributed by atoms with Gasteiger partial charge >= 0.3 is 0 Å². The lowest BCUT2D eigenvalue weighted by Gasteiger charge is -2.27. The van der Waals surface area contributed by atoms with Gasteiger partial charge in [-0.15, -0.1) is 0 Å². The van der Waals surface area contributed by atoms with Crippen LogP contribution in [0.5, 0.6) is 0 Å². The lowest BCUT2D eigenvalue weighted by Crippen LogP contribution is -2.62. The molecule has 17 heavy (non-hydrogen) atoms. The van der Waals surface area contributed by atoms with Crippen molar-refractivity contribution in [2.45, 2.75) is 12.2 Å². The molecule has 3 N–H and O–H groups in total. The highest BCUT2D eigenvalue weighted by molar-refractivity contribution is 6.29. The second-order valence-electron chi connectivity index (χ2n) is 3.88. The van der Waals surface area contributed by atoms with Crippen LogP contribution in [0.3, 0.4) is 0 Å². The van der Waals surface area contributed by atoms with Crippen LogP contribution in [-0.2, 0) is 6.42 Å². The van der Waals surface area contributed by atoms with Gasteiger partial charge in [-0.1, -0.05) is 22.7 Å². The molecule has 1 saturated heterocycles. The van der Waals surface area contributed by atoms with Gasteiger partial charge in [-0.2, -0.15) is 0 Å². The maximum Gasteiger partial charge on any atom is 0.205 e. The van der Waals surface area contributed by atoms with Crippen molar-refractivity contribution < 1.29 is 5.03 Å². The fourth-order valence-corrected chi connectivity index (χ4v) is 1.98. The van der Waals surface area contributed by atoms with E-state index in [1.165, 1.54) is 0 Å². The van der Waals surface area contributed by atoms with Gasteiger partial charge in [0.2, 0.25) is 5.79 Å². The van der Waals surface area contributed by atoms with E-state index >= 15 is 0 Å². The normalized spacial score (nSPS) is 24.0. The highest BCUT2D eigenvalue weighted by atomic mass is 35.5. The van der Waals surface area contributed by atoms with Crippen molar-refractivity contribution in [3.8, 4) is 0 Å². The Morgan fingerprint density at radius 3 is 3.06 bits per heavy atom. The van der Waals surface area contributed by atoms with Gasteiger partial charge in [-0.25, -0.2) is 15.1 Å². The molecule has 2 rings (SSSR count). The van der Waals surface area contributed by atoms with E-state index in [9.17, 15) is 10.1 Å². The third kappa shape index (κ3) is 2.46. The molecule has 8 heteroatoms. The molecule has 0 aromatic carbocycles. The average Bonchev–Trinajstić information content (AvgIpc) is 2.64. The lowest BCUT2D eigenvalue weighted by molar-refractivity contribution is -0.670. The zero-order chi connectivity index (χ0) is 12.5. The van der Waals surface area contributed by atoms with Crippen LogP contribution in [-0.4, -0.2) is 33.9 Å². The van der Waals surface area contributed by atoms with Crippen molar-refractivity contribution in [3.05, 3.63) is 39.2 Å². The maximum absolute atomic E-state index is 10.8. The lowest BCUT2D eigenvalue weighted by atomic mass is 10.1. The van der Waals surface area contributed by atoms with E-state index in [2.05, 4.69) is 10.3 Å². The number of pyridine rings is 1. The van der Waals surface area contributed by atoms with Gasteiger partial charge in [0.25, 0.3) is 0 Å². The minimum absolute atomic E-state index is 0.282. The Morgan fingerprint density at radius 1 is 1.71 bits per heavy atom. The third-order valence-corrected chi connectivity index (χ3v) is 2.90. The minimum atomic E-state index is -1.17. The highest BCUT2D eigenvalue weighted by Crippen LogP contribution is 2.17. The molecule has 1 aromatic heterocycles. The Morgan fingerprint density at radius 2 is 2.47 bits per heavy atom. The molecular weight excluding hydrogens is 246 g/mol. The molecule has 0 radical (unpaired) electrons. The summed E-state index contributed by atoms with van der Waals surface area (Å²) in [5.74, 6) is -1.17. The summed E-state index contributed by atoms with van der Waals surface area (Å²) >= 11 is 5.67. The summed E-state index contributed by atoms with van der Waals surface area (Å²) in [4.78, 5) is 14.8. The number of hydrogen-bond donors (Lipinski definition) is 2. The quantitative estimate of drug-likeness (QED) is 0.449. The van der Waals surface area contributed by atoms with E-state index in [1.807, 2.05) is 0 Å². The SMILES string of the molecule is NC1(Cc2ccc(Cl)nc2)NCCN1[N+](=O)[O-]. The van der Waals surface area contributed by atoms with Crippen LogP contribution in [0.4, 0.5) is 0 Å². The maximum atomic E-state index is 10.8. The third-order valence-electron chi connectivity index (χ3n) is 2.67. The number of nitrogens with zero attached hydrogens (tertiary/aromatic N) is 3. The molecule has 0 amide bonds. The van der Waals surface area contributed by atoms with Crippen molar-refractivity contribution in [2.75, 3.05) is 13.1 Å². The fraction of sp³-hybridized carbons (Fsp3) is 0.444. The summed E-state index contributed by atoms with van der Waals surface area (Å²) < 4.78 is 0. The zero-order valence-corrected chi connectivity index (χ0v) is 9.72. The smallest absolute Gasteiger partial charge is 0.205 e. The predicted octanol–water partition coefficient (Wildman–Crippen LogP) is -0.0131. The van der Waals surface area contributed by atoms with Crippen LogP contribution in [0.15, 0.2) is 18.3 Å². The van der Waals surface area contributed by atoms with E-state index in [0.29, 0.717) is 11.7 Å². The van der Waals surface area contributed by atoms with Crippen LogP contribution >= 0.6 is 11.6 Å². The molecular formula is C9H12ClN5O2. The van der Waals surface area contributed by atoms with Gasteiger partial charge in [-0.05, 0) is 11.6 Å². The van der Waals surface area contributed by atoms with Gasteiger partial charge in [-0.3, -0.25) is 11.1 Å². The van der Waals surface area contributed by atoms with Crippen LogP contribution < -0.4 is 11.1 Å². The molecule has 0 saturated carbocycles. The fourth-order valence-electron chi connectivity index (χ4n) is 1.87. The number of hydrazine groups is 1. The van der Waals surface area contributed by atoms with Gasteiger partial charge in [0.1, 0.15) is 5.15 Å². The number of nitro groups is 1. The first-order chi connectivity index (χ1) is 8.01. The van der Waals surface area contributed by atoms with Crippen molar-refractivity contribution in [2.24, 2.45) is 5.73 Å². The van der Waals surface area contributed by atoms with E-state index in [-0.39, 0.29) is 13.0 Å². The van der Waals surface area contributed by atoms with Crippen LogP contribution in [0.2, 0.25) is 5.15 Å². The number of halogens is 1. The largest absolute Gasteiger partial charge is 0.291 e.